The highest BCUT2D eigenvalue weighted by atomic mass is 16.4. The maximum absolute atomic E-state index is 14.3. The fraction of sp³-hybridized carbons (Fsp3) is 0.588. The molecule has 10 atom stereocenters. The molecule has 22 heteroatoms. The first-order valence-electron chi connectivity index (χ1n) is 25.1. The second-order valence-electron chi connectivity index (χ2n) is 19.7. The van der Waals surface area contributed by atoms with E-state index in [2.05, 4.69) is 41.9 Å². The van der Waals surface area contributed by atoms with Crippen molar-refractivity contribution in [1.29, 1.82) is 0 Å². The highest BCUT2D eigenvalue weighted by molar-refractivity contribution is 6.28. The van der Waals surface area contributed by atoms with Crippen molar-refractivity contribution in [3.8, 4) is 0 Å². The molecule has 3 unspecified atom stereocenters. The number of likely N-dealkylation sites (tertiary alicyclic amines) is 1. The molecule has 0 bridgehead atoms. The molecular formula is C51H74N10O12. The first-order valence-corrected chi connectivity index (χ1v) is 25.1. The molecule has 1 aromatic heterocycles. The molecule has 1 fully saturated rings. The Morgan fingerprint density at radius 3 is 1.70 bits per heavy atom. The minimum Gasteiger partial charge on any atom is -0.480 e. The molecule has 0 saturated carbocycles. The molecule has 9 N–H and O–H groups in total. The maximum Gasteiger partial charge on any atom is 0.328 e. The number of hydrogen-bond acceptors (Lipinski definition) is 12. The van der Waals surface area contributed by atoms with Crippen LogP contribution in [0.1, 0.15) is 112 Å². The Morgan fingerprint density at radius 1 is 0.712 bits per heavy atom. The van der Waals surface area contributed by atoms with Gasteiger partial charge in [-0.05, 0) is 74.0 Å². The van der Waals surface area contributed by atoms with Gasteiger partial charge in [0.25, 0.3) is 11.8 Å². The van der Waals surface area contributed by atoms with Gasteiger partial charge in [-0.15, -0.1) is 0 Å². The quantitative estimate of drug-likeness (QED) is 0.0569. The normalized spacial score (nSPS) is 18.2. The lowest BCUT2D eigenvalue weighted by atomic mass is 9.94. The van der Waals surface area contributed by atoms with Gasteiger partial charge in [0.2, 0.25) is 41.4 Å². The van der Waals surface area contributed by atoms with Gasteiger partial charge in [0.05, 0.1) is 18.1 Å². The Bertz CT molecular complexity index is 2300. The number of H-pyrrole nitrogens is 1. The van der Waals surface area contributed by atoms with Crippen molar-refractivity contribution in [1.82, 2.24) is 46.8 Å². The molecule has 2 aliphatic heterocycles. The van der Waals surface area contributed by atoms with Crippen LogP contribution in [0.5, 0.6) is 0 Å². The number of aliphatic hydroxyl groups is 1. The van der Waals surface area contributed by atoms with Gasteiger partial charge in [0, 0.05) is 43.4 Å². The number of rotatable bonds is 27. The summed E-state index contributed by atoms with van der Waals surface area (Å²) in [5.74, 6) is -8.72. The Morgan fingerprint density at radius 2 is 1.22 bits per heavy atom. The van der Waals surface area contributed by atoms with Crippen molar-refractivity contribution in [2.45, 2.75) is 162 Å². The molecule has 22 nitrogen and oxygen atoms in total. The van der Waals surface area contributed by atoms with Crippen molar-refractivity contribution in [3.05, 3.63) is 60.2 Å². The van der Waals surface area contributed by atoms with Gasteiger partial charge in [-0.3, -0.25) is 43.2 Å². The number of anilines is 1. The number of imidazole rings is 1. The molecule has 73 heavy (non-hydrogen) atoms. The standard InChI is InChI=1S/C51H74N10O12/c1-10-29(7)42(48(69)56-41(28(5)6)47(68)58-43(30(8)11-2)49(70)59-44(31(9)62)51(72)73)57-46(67)40(27(3)4)55-45(66)36-15-13-23-60(36)50(71)35(24-33-25-52-26-53-33)54-37(63)16-12-14-32-17-19-34(20-18-32)61-38(64)21-22-39(61)65/h17-22,25-31,35-36,40-44,62H,10-16,23-24H2,1-9H3,(H,52,53)(H,54,63)(H,55,66)(H,56,69)(H,57,67)(H,58,68)(H,59,70)(H,72,73)/t29?,30?,31?,35-,36-,40+,41-,42+,43-,44-/m0/s1. The minimum atomic E-state index is -1.63. The number of carbonyl (C=O) groups excluding carboxylic acids is 9. The molecule has 3 heterocycles. The second kappa shape index (κ2) is 27.2. The molecule has 9 amide bonds. The van der Waals surface area contributed by atoms with E-state index >= 15 is 0 Å². The number of carboxylic acid groups (broad SMARTS) is 1. The minimum absolute atomic E-state index is 0.0556. The number of imide groups is 1. The lowest BCUT2D eigenvalue weighted by Gasteiger charge is -2.32. The van der Waals surface area contributed by atoms with Crippen LogP contribution in [0.25, 0.3) is 0 Å². The third-order valence-corrected chi connectivity index (χ3v) is 13.5. The van der Waals surface area contributed by atoms with Crippen molar-refractivity contribution in [3.63, 3.8) is 0 Å². The average Bonchev–Trinajstić information content (AvgIpc) is 4.13. The first kappa shape index (κ1) is 58.6. The van der Waals surface area contributed by atoms with Crippen LogP contribution >= 0.6 is 0 Å². The lowest BCUT2D eigenvalue weighted by molar-refractivity contribution is -0.145. The lowest BCUT2D eigenvalue weighted by Crippen LogP contribution is -2.62. The number of carboxylic acids is 1. The number of aromatic nitrogens is 2. The summed E-state index contributed by atoms with van der Waals surface area (Å²) in [4.78, 5) is 143. The van der Waals surface area contributed by atoms with Gasteiger partial charge in [-0.2, -0.15) is 0 Å². The summed E-state index contributed by atoms with van der Waals surface area (Å²) in [6.45, 7) is 15.2. The smallest absolute Gasteiger partial charge is 0.328 e. The van der Waals surface area contributed by atoms with Gasteiger partial charge in [-0.25, -0.2) is 14.7 Å². The Hall–Kier alpha value is -6.97. The molecular weight excluding hydrogens is 945 g/mol. The SMILES string of the molecule is CCC(C)[C@H](NC(=O)[C@@H](NC(=O)[C@H](NC(=O)[C@H](NC(=O)[C@@H]1CCCN1C(=O)[C@H](Cc1cnc[nH]1)NC(=O)CCCc1ccc(N2C(=O)C=CC2=O)cc1)C(C)C)C(C)CC)C(C)C)C(=O)N[C@H](C(=O)O)C(C)O. The predicted molar refractivity (Wildman–Crippen MR) is 268 cm³/mol. The van der Waals surface area contributed by atoms with Crippen molar-refractivity contribution in [2.75, 3.05) is 11.4 Å². The van der Waals surface area contributed by atoms with Crippen LogP contribution in [0, 0.1) is 23.7 Å². The number of aliphatic hydroxyl groups excluding tert-OH is 1. The van der Waals surface area contributed by atoms with Crippen LogP contribution in [-0.2, 0) is 60.8 Å². The van der Waals surface area contributed by atoms with Crippen LogP contribution in [0.3, 0.4) is 0 Å². The molecule has 400 valence electrons. The third-order valence-electron chi connectivity index (χ3n) is 13.5. The number of hydrogen-bond donors (Lipinski definition) is 9. The topological polar surface area (TPSA) is 318 Å². The number of aliphatic carboxylic acids is 1. The van der Waals surface area contributed by atoms with Gasteiger partial charge in [0.15, 0.2) is 6.04 Å². The Labute approximate surface area is 426 Å². The Balaban J connectivity index is 1.43. The van der Waals surface area contributed by atoms with E-state index in [0.717, 1.165) is 10.5 Å². The number of aryl methyl sites for hydroxylation is 1. The van der Waals surface area contributed by atoms with E-state index in [4.69, 9.17) is 0 Å². The average molecular weight is 1020 g/mol. The summed E-state index contributed by atoms with van der Waals surface area (Å²) in [6.07, 6.45) is 6.58. The van der Waals surface area contributed by atoms with E-state index in [-0.39, 0.29) is 25.8 Å². The number of benzene rings is 1. The first-order chi connectivity index (χ1) is 34.5. The Kier molecular flexibility index (Phi) is 21.8. The zero-order valence-electron chi connectivity index (χ0n) is 43.2. The van der Waals surface area contributed by atoms with E-state index in [1.54, 1.807) is 72.7 Å². The molecule has 1 aromatic carbocycles. The van der Waals surface area contributed by atoms with E-state index in [9.17, 15) is 58.2 Å². The summed E-state index contributed by atoms with van der Waals surface area (Å²) < 4.78 is 0. The van der Waals surface area contributed by atoms with Crippen molar-refractivity contribution in [2.24, 2.45) is 23.7 Å². The molecule has 2 aromatic rings. The van der Waals surface area contributed by atoms with Crippen LogP contribution in [0.2, 0.25) is 0 Å². The van der Waals surface area contributed by atoms with E-state index in [1.165, 1.54) is 36.5 Å². The molecule has 1 saturated heterocycles. The number of amides is 9. The zero-order valence-corrected chi connectivity index (χ0v) is 43.2. The van der Waals surface area contributed by atoms with Crippen LogP contribution in [0.15, 0.2) is 48.9 Å². The largest absolute Gasteiger partial charge is 0.480 e. The summed E-state index contributed by atoms with van der Waals surface area (Å²) >= 11 is 0. The number of aromatic amines is 1. The molecule has 0 spiro atoms. The van der Waals surface area contributed by atoms with Crippen molar-refractivity contribution < 1.29 is 58.2 Å². The number of nitrogens with one attached hydrogen (secondary N) is 7. The van der Waals surface area contributed by atoms with Crippen LogP contribution < -0.4 is 36.8 Å². The van der Waals surface area contributed by atoms with Crippen LogP contribution in [0.4, 0.5) is 5.69 Å². The van der Waals surface area contributed by atoms with Gasteiger partial charge >= 0.3 is 5.97 Å². The summed E-state index contributed by atoms with van der Waals surface area (Å²) in [6, 6.07) is -1.61. The van der Waals surface area contributed by atoms with Gasteiger partial charge in [-0.1, -0.05) is 80.4 Å². The number of nitrogens with zero attached hydrogens (tertiary/aromatic N) is 3. The maximum atomic E-state index is 14.3. The third kappa shape index (κ3) is 16.0. The summed E-state index contributed by atoms with van der Waals surface area (Å²) in [5.41, 5.74) is 1.88. The molecule has 0 radical (unpaired) electrons. The van der Waals surface area contributed by atoms with Crippen LogP contribution in [-0.4, -0.2) is 139 Å². The van der Waals surface area contributed by atoms with Gasteiger partial charge in [0.1, 0.15) is 36.3 Å². The van der Waals surface area contributed by atoms with E-state index in [0.29, 0.717) is 43.5 Å². The van der Waals surface area contributed by atoms with Gasteiger partial charge < -0.3 is 52.0 Å². The zero-order chi connectivity index (χ0) is 54.3. The molecule has 4 rings (SSSR count). The monoisotopic (exact) mass is 1020 g/mol. The number of carbonyl (C=O) groups is 10. The molecule has 2 aliphatic rings. The fourth-order valence-electron chi connectivity index (χ4n) is 8.59. The second-order valence-corrected chi connectivity index (χ2v) is 19.7. The van der Waals surface area contributed by atoms with Crippen molar-refractivity contribution >= 4 is 64.8 Å². The van der Waals surface area contributed by atoms with E-state index in [1.807, 2.05) is 6.92 Å². The predicted octanol–water partition coefficient (Wildman–Crippen LogP) is 1.17. The molecule has 0 aliphatic carbocycles. The summed E-state index contributed by atoms with van der Waals surface area (Å²) in [7, 11) is 0. The summed E-state index contributed by atoms with van der Waals surface area (Å²) in [5, 5.41) is 35.6. The van der Waals surface area contributed by atoms with E-state index < -0.39 is 131 Å². The highest BCUT2D eigenvalue weighted by Gasteiger charge is 2.41. The fourth-order valence-corrected chi connectivity index (χ4v) is 8.59. The highest BCUT2D eigenvalue weighted by Crippen LogP contribution is 2.23.